The van der Waals surface area contributed by atoms with Crippen LogP contribution in [0, 0.1) is 0 Å². The predicted molar refractivity (Wildman–Crippen MR) is 249 cm³/mol. The largest absolute Gasteiger partial charge is 0.399 e. The maximum Gasteiger partial charge on any atom is 0.251 e. The zero-order valence-electron chi connectivity index (χ0n) is 34.4. The van der Waals surface area contributed by atoms with E-state index in [1.54, 1.807) is 24.3 Å². The van der Waals surface area contributed by atoms with Gasteiger partial charge >= 0.3 is 0 Å². The van der Waals surface area contributed by atoms with Gasteiger partial charge in [-0.05, 0) is 115 Å². The monoisotopic (exact) mass is 857 g/mol. The summed E-state index contributed by atoms with van der Waals surface area (Å²) in [4.78, 5) is 58.6. The first-order valence-corrected chi connectivity index (χ1v) is 21.5. The Morgan fingerprint density at radius 1 is 0.565 bits per heavy atom. The molecule has 0 aliphatic carbocycles. The molecule has 310 valence electrons. The minimum Gasteiger partial charge on any atom is -0.399 e. The first-order chi connectivity index (χ1) is 30.0. The average molecular weight is 858 g/mol. The summed E-state index contributed by atoms with van der Waals surface area (Å²) in [6.07, 6.45) is 2.94. The number of rotatable bonds is 14. The van der Waals surface area contributed by atoms with E-state index in [4.69, 9.17) is 21.4 Å². The van der Waals surface area contributed by atoms with Gasteiger partial charge in [0.25, 0.3) is 5.91 Å². The lowest BCUT2D eigenvalue weighted by Crippen LogP contribution is -2.29. The molecule has 0 saturated carbocycles. The van der Waals surface area contributed by atoms with Crippen LogP contribution in [0.4, 0.5) is 34.4 Å². The lowest BCUT2D eigenvalue weighted by molar-refractivity contribution is 0.0904. The Bertz CT molecular complexity index is 2740. The van der Waals surface area contributed by atoms with Gasteiger partial charge in [0.2, 0.25) is 0 Å². The quantitative estimate of drug-likeness (QED) is 0.0511. The molecule has 13 nitrogen and oxygen atoms in total. The van der Waals surface area contributed by atoms with Crippen molar-refractivity contribution in [3.05, 3.63) is 144 Å². The van der Waals surface area contributed by atoms with Crippen molar-refractivity contribution in [2.75, 3.05) is 28.6 Å². The number of nitrogen functional groups attached to an aromatic ring is 2. The SMILES string of the molecule is CC(C)c1ccc2c(Nc3cc(C(=O)CNC(=O)c4ccc(Sc5ccc(N)cc5)c(Nc5ncnc6nc(C(C)C)ccc56)c4)ccc3Sc3ccc(N)cc3)ncnc2n1. The van der Waals surface area contributed by atoms with Gasteiger partial charge in [-0.25, -0.2) is 29.9 Å². The number of fused-ring (bicyclic) bond motifs is 2. The standard InChI is InChI=1S/C47H43N11O2S2/c1-26(2)36-17-15-34-43(55-36)51-24-53-45(34)57-38-21-28(5-19-41(38)61-32-11-7-30(48)8-12-32)40(59)23-50-47(60)29-6-20-42(62-33-13-9-31(49)10-14-33)39(22-29)58-46-35-16-18-37(27(3)4)56-44(35)52-25-54-46/h5-22,24-27H,23,48-49H2,1-4H3,(H,50,60)(H,51,53,55,57)(H,52,54,56,58). The number of nitrogens with two attached hydrogens (primary N) is 2. The summed E-state index contributed by atoms with van der Waals surface area (Å²) in [5.74, 6) is 0.846. The fourth-order valence-corrected chi connectivity index (χ4v) is 8.21. The van der Waals surface area contributed by atoms with Crippen LogP contribution in [0.15, 0.2) is 141 Å². The van der Waals surface area contributed by atoms with E-state index in [9.17, 15) is 9.59 Å². The molecule has 0 unspecified atom stereocenters. The first kappa shape index (κ1) is 41.6. The van der Waals surface area contributed by atoms with Gasteiger partial charge in [-0.1, -0.05) is 57.3 Å². The number of carbonyl (C=O) groups excluding carboxylic acids is 2. The summed E-state index contributed by atoms with van der Waals surface area (Å²) in [5.41, 5.74) is 18.2. The lowest BCUT2D eigenvalue weighted by Gasteiger charge is -2.16. The first-order valence-electron chi connectivity index (χ1n) is 19.9. The number of pyridine rings is 2. The van der Waals surface area contributed by atoms with Crippen molar-refractivity contribution in [2.45, 2.75) is 59.1 Å². The average Bonchev–Trinajstić information content (AvgIpc) is 3.27. The molecule has 4 aromatic heterocycles. The van der Waals surface area contributed by atoms with Crippen LogP contribution < -0.4 is 27.4 Å². The minimum atomic E-state index is -0.421. The Kier molecular flexibility index (Phi) is 12.3. The Morgan fingerprint density at radius 3 is 1.48 bits per heavy atom. The Balaban J connectivity index is 1.05. The molecule has 0 aliphatic rings. The predicted octanol–water partition coefficient (Wildman–Crippen LogP) is 10.2. The fourth-order valence-electron chi connectivity index (χ4n) is 6.45. The van der Waals surface area contributed by atoms with Gasteiger partial charge in [-0.2, -0.15) is 0 Å². The molecule has 0 radical (unpaired) electrons. The van der Waals surface area contributed by atoms with Gasteiger partial charge in [-0.15, -0.1) is 0 Å². The van der Waals surface area contributed by atoms with E-state index in [0.717, 1.165) is 41.7 Å². The summed E-state index contributed by atoms with van der Waals surface area (Å²) in [5, 5.41) is 11.2. The summed E-state index contributed by atoms with van der Waals surface area (Å²) in [7, 11) is 0. The van der Waals surface area contributed by atoms with Crippen LogP contribution in [0.25, 0.3) is 22.1 Å². The topological polar surface area (TPSA) is 200 Å². The second-order valence-electron chi connectivity index (χ2n) is 15.1. The number of carbonyl (C=O) groups is 2. The van der Waals surface area contributed by atoms with Crippen LogP contribution in [-0.2, 0) is 0 Å². The van der Waals surface area contributed by atoms with Crippen molar-refractivity contribution in [3.8, 4) is 0 Å². The minimum absolute atomic E-state index is 0.231. The molecule has 4 aromatic carbocycles. The third-order valence-electron chi connectivity index (χ3n) is 9.90. The van der Waals surface area contributed by atoms with Gasteiger partial charge in [0, 0.05) is 53.5 Å². The molecule has 0 fully saturated rings. The fraction of sp³-hybridized carbons (Fsp3) is 0.149. The smallest absolute Gasteiger partial charge is 0.251 e. The molecular weight excluding hydrogens is 815 g/mol. The summed E-state index contributed by atoms with van der Waals surface area (Å²) >= 11 is 3.02. The molecule has 1 amide bonds. The Morgan fingerprint density at radius 2 is 1.02 bits per heavy atom. The van der Waals surface area contributed by atoms with E-state index in [0.29, 0.717) is 56.8 Å². The molecular formula is C47H43N11O2S2. The summed E-state index contributed by atoms with van der Waals surface area (Å²) in [6.45, 7) is 8.08. The molecule has 0 saturated heterocycles. The van der Waals surface area contributed by atoms with Crippen molar-refractivity contribution in [3.63, 3.8) is 0 Å². The van der Waals surface area contributed by atoms with Gasteiger partial charge in [0.15, 0.2) is 17.1 Å². The van der Waals surface area contributed by atoms with Gasteiger partial charge < -0.3 is 27.4 Å². The third kappa shape index (κ3) is 9.59. The number of nitrogens with zero attached hydrogens (tertiary/aromatic N) is 6. The van der Waals surface area contributed by atoms with E-state index in [1.807, 2.05) is 84.9 Å². The van der Waals surface area contributed by atoms with Crippen LogP contribution >= 0.6 is 23.5 Å². The lowest BCUT2D eigenvalue weighted by atomic mass is 10.1. The molecule has 7 N–H and O–H groups in total. The normalized spacial score (nSPS) is 11.3. The van der Waals surface area contributed by atoms with Crippen molar-refractivity contribution in [1.29, 1.82) is 0 Å². The Labute approximate surface area is 367 Å². The van der Waals surface area contributed by atoms with Crippen molar-refractivity contribution >= 4 is 91.7 Å². The molecule has 0 atom stereocenters. The highest BCUT2D eigenvalue weighted by molar-refractivity contribution is 7.99. The number of Topliss-reactive ketones (excluding diaryl/α,β-unsaturated/α-hetero) is 1. The summed E-state index contributed by atoms with van der Waals surface area (Å²) in [6, 6.07) is 33.7. The molecule has 8 rings (SSSR count). The van der Waals surface area contributed by atoms with Crippen molar-refractivity contribution in [1.82, 2.24) is 35.2 Å². The van der Waals surface area contributed by atoms with Crippen molar-refractivity contribution in [2.24, 2.45) is 0 Å². The summed E-state index contributed by atoms with van der Waals surface area (Å²) < 4.78 is 0. The maximum absolute atomic E-state index is 13.8. The van der Waals surface area contributed by atoms with Crippen molar-refractivity contribution < 1.29 is 9.59 Å². The molecule has 0 bridgehead atoms. The van der Waals surface area contributed by atoms with Crippen LogP contribution in [0.1, 0.15) is 71.6 Å². The van der Waals surface area contributed by atoms with Crippen LogP contribution in [-0.4, -0.2) is 48.1 Å². The molecule has 0 aliphatic heterocycles. The number of nitrogens with one attached hydrogen (secondary N) is 3. The van der Waals surface area contributed by atoms with E-state index in [2.05, 4.69) is 63.6 Å². The molecule has 62 heavy (non-hydrogen) atoms. The van der Waals surface area contributed by atoms with Crippen LogP contribution in [0.3, 0.4) is 0 Å². The highest BCUT2D eigenvalue weighted by Crippen LogP contribution is 2.38. The number of anilines is 6. The number of hydrogen-bond donors (Lipinski definition) is 5. The zero-order chi connectivity index (χ0) is 43.3. The second-order valence-corrected chi connectivity index (χ2v) is 17.3. The third-order valence-corrected chi connectivity index (χ3v) is 12.1. The Hall–Kier alpha value is -7.10. The van der Waals surface area contributed by atoms with Gasteiger partial charge in [-0.3, -0.25) is 9.59 Å². The van der Waals surface area contributed by atoms with E-state index >= 15 is 0 Å². The number of ketones is 1. The van der Waals surface area contributed by atoms with E-state index in [-0.39, 0.29) is 24.2 Å². The van der Waals surface area contributed by atoms with Gasteiger partial charge in [0.1, 0.15) is 24.3 Å². The number of benzene rings is 4. The number of amides is 1. The molecule has 8 aromatic rings. The van der Waals surface area contributed by atoms with Crippen LogP contribution in [0.2, 0.25) is 0 Å². The second kappa shape index (κ2) is 18.3. The number of hydrogen-bond acceptors (Lipinski definition) is 14. The number of aromatic nitrogens is 6. The maximum atomic E-state index is 13.8. The zero-order valence-corrected chi connectivity index (χ0v) is 36.0. The van der Waals surface area contributed by atoms with Crippen LogP contribution in [0.5, 0.6) is 0 Å². The highest BCUT2D eigenvalue weighted by atomic mass is 32.2. The molecule has 4 heterocycles. The van der Waals surface area contributed by atoms with E-state index < -0.39 is 5.91 Å². The van der Waals surface area contributed by atoms with E-state index in [1.165, 1.54) is 36.2 Å². The molecule has 0 spiro atoms. The van der Waals surface area contributed by atoms with Gasteiger partial charge in [0.05, 0.1) is 28.7 Å². The highest BCUT2D eigenvalue weighted by Gasteiger charge is 2.18. The molecule has 15 heteroatoms.